The van der Waals surface area contributed by atoms with Gasteiger partial charge >= 0.3 is 0 Å². The van der Waals surface area contributed by atoms with Crippen LogP contribution in [0.4, 0.5) is 0 Å². The van der Waals surface area contributed by atoms with Crippen molar-refractivity contribution in [1.29, 1.82) is 0 Å². The highest BCUT2D eigenvalue weighted by Crippen LogP contribution is 2.12. The normalized spacial score (nSPS) is 13.2. The molecular weight excluding hydrogens is 320 g/mol. The van der Waals surface area contributed by atoms with E-state index in [1.165, 1.54) is 51.4 Å². The zero-order chi connectivity index (χ0) is 19.2. The summed E-state index contributed by atoms with van der Waals surface area (Å²) in [6, 6.07) is 0. The summed E-state index contributed by atoms with van der Waals surface area (Å²) < 4.78 is 15.7. The van der Waals surface area contributed by atoms with E-state index in [-0.39, 0.29) is 13.2 Å². The van der Waals surface area contributed by atoms with Gasteiger partial charge in [0, 0.05) is 0 Å². The van der Waals surface area contributed by atoms with E-state index in [2.05, 4.69) is 27.7 Å². The molecule has 154 valence electrons. The van der Waals surface area contributed by atoms with Gasteiger partial charge in [-0.05, 0) is 26.7 Å². The van der Waals surface area contributed by atoms with Crippen molar-refractivity contribution in [1.82, 2.24) is 0 Å². The molecule has 0 bridgehead atoms. The first-order valence-electron chi connectivity index (χ1n) is 10.1. The Morgan fingerprint density at radius 2 is 1.04 bits per heavy atom. The van der Waals surface area contributed by atoms with Crippen LogP contribution in [0.15, 0.2) is 0 Å². The lowest BCUT2D eigenvalue weighted by molar-refractivity contribution is -0.00220. The number of aliphatic hydroxyl groups is 2. The highest BCUT2D eigenvalue weighted by atomic mass is 16.5. The molecule has 0 aromatic carbocycles. The Balaban J connectivity index is 0. The third-order valence-corrected chi connectivity index (χ3v) is 3.74. The van der Waals surface area contributed by atoms with Crippen molar-refractivity contribution in [3.63, 3.8) is 0 Å². The molecule has 0 aliphatic heterocycles. The van der Waals surface area contributed by atoms with E-state index in [0.717, 1.165) is 0 Å². The van der Waals surface area contributed by atoms with Gasteiger partial charge in [-0.1, -0.05) is 52.4 Å². The van der Waals surface area contributed by atoms with Crippen LogP contribution in [-0.4, -0.2) is 62.1 Å². The quantitative estimate of drug-likeness (QED) is 0.383. The molecule has 0 aliphatic carbocycles. The maximum absolute atomic E-state index is 8.26. The van der Waals surface area contributed by atoms with Gasteiger partial charge in [-0.2, -0.15) is 0 Å². The number of unbranched alkanes of at least 4 members (excludes halogenated alkanes) is 4. The molecule has 0 amide bonds. The average molecular weight is 365 g/mol. The Morgan fingerprint density at radius 1 is 0.640 bits per heavy atom. The predicted molar refractivity (Wildman–Crippen MR) is 104 cm³/mol. The van der Waals surface area contributed by atoms with Crippen LogP contribution in [0.1, 0.15) is 79.1 Å². The van der Waals surface area contributed by atoms with Gasteiger partial charge in [-0.25, -0.2) is 0 Å². The largest absolute Gasteiger partial charge is 0.394 e. The second-order valence-electron chi connectivity index (χ2n) is 6.42. The lowest BCUT2D eigenvalue weighted by Crippen LogP contribution is -2.17. The summed E-state index contributed by atoms with van der Waals surface area (Å²) in [4.78, 5) is 0. The van der Waals surface area contributed by atoms with Gasteiger partial charge in [0.05, 0.1) is 51.8 Å². The van der Waals surface area contributed by atoms with Gasteiger partial charge in [-0.3, -0.25) is 0 Å². The molecule has 0 rings (SSSR count). The summed E-state index contributed by atoms with van der Waals surface area (Å²) in [5, 5.41) is 16.5. The van der Waals surface area contributed by atoms with Crippen LogP contribution in [0, 0.1) is 0 Å². The summed E-state index contributed by atoms with van der Waals surface area (Å²) >= 11 is 0. The Bertz CT molecular complexity index is 204. The Hall–Kier alpha value is -0.200. The van der Waals surface area contributed by atoms with Crippen LogP contribution in [0.3, 0.4) is 0 Å². The van der Waals surface area contributed by atoms with Crippen LogP contribution in [0.5, 0.6) is 0 Å². The minimum absolute atomic E-state index is 0.0417. The molecular formula is C20H44O5. The maximum atomic E-state index is 8.26. The number of hydrogen-bond donors (Lipinski definition) is 2. The average Bonchev–Trinajstić information content (AvgIpc) is 2.59. The summed E-state index contributed by atoms with van der Waals surface area (Å²) in [6.07, 6.45) is 11.3. The maximum Gasteiger partial charge on any atom is 0.0701 e. The van der Waals surface area contributed by atoms with E-state index in [1.807, 2.05) is 0 Å². The van der Waals surface area contributed by atoms with E-state index in [0.29, 0.717) is 38.6 Å². The summed E-state index contributed by atoms with van der Waals surface area (Å²) in [5.41, 5.74) is 0. The van der Waals surface area contributed by atoms with Crippen LogP contribution in [0.2, 0.25) is 0 Å². The topological polar surface area (TPSA) is 68.2 Å². The highest BCUT2D eigenvalue weighted by molar-refractivity contribution is 4.57. The molecule has 25 heavy (non-hydrogen) atoms. The van der Waals surface area contributed by atoms with E-state index >= 15 is 0 Å². The van der Waals surface area contributed by atoms with E-state index in [9.17, 15) is 0 Å². The zero-order valence-electron chi connectivity index (χ0n) is 17.2. The molecule has 0 radical (unpaired) electrons. The summed E-state index contributed by atoms with van der Waals surface area (Å²) in [6.45, 7) is 10.7. The fourth-order valence-corrected chi connectivity index (χ4v) is 2.35. The Labute approximate surface area is 156 Å². The van der Waals surface area contributed by atoms with Crippen LogP contribution >= 0.6 is 0 Å². The molecule has 0 aliphatic rings. The first-order chi connectivity index (χ1) is 12.1. The summed E-state index contributed by atoms with van der Waals surface area (Å²) in [5.74, 6) is 0. The molecule has 0 heterocycles. The Kier molecular flexibility index (Phi) is 25.7. The van der Waals surface area contributed by atoms with Crippen molar-refractivity contribution in [3.05, 3.63) is 0 Å². The molecule has 0 aromatic rings. The van der Waals surface area contributed by atoms with Crippen LogP contribution < -0.4 is 0 Å². The summed E-state index contributed by atoms with van der Waals surface area (Å²) in [7, 11) is 0. The first-order valence-corrected chi connectivity index (χ1v) is 10.1. The van der Waals surface area contributed by atoms with Crippen LogP contribution in [0.25, 0.3) is 0 Å². The molecule has 0 saturated heterocycles. The number of rotatable bonds is 17. The molecule has 2 N–H and O–H groups in total. The minimum Gasteiger partial charge on any atom is -0.394 e. The van der Waals surface area contributed by atoms with Gasteiger partial charge in [0.1, 0.15) is 0 Å². The molecule has 0 fully saturated rings. The predicted octanol–water partition coefficient (Wildman–Crippen LogP) is 3.94. The molecule has 0 aromatic heterocycles. The highest BCUT2D eigenvalue weighted by Gasteiger charge is 2.07. The van der Waals surface area contributed by atoms with E-state index in [1.54, 1.807) is 0 Å². The fourth-order valence-electron chi connectivity index (χ4n) is 2.35. The smallest absolute Gasteiger partial charge is 0.0701 e. The third kappa shape index (κ3) is 26.1. The van der Waals surface area contributed by atoms with E-state index in [4.69, 9.17) is 24.4 Å². The fraction of sp³-hybridized carbons (Fsp3) is 1.00. The number of hydrogen-bond acceptors (Lipinski definition) is 5. The number of aliphatic hydroxyl groups excluding tert-OH is 2. The van der Waals surface area contributed by atoms with Crippen molar-refractivity contribution in [3.8, 4) is 0 Å². The Morgan fingerprint density at radius 3 is 1.36 bits per heavy atom. The van der Waals surface area contributed by atoms with Gasteiger partial charge < -0.3 is 24.4 Å². The van der Waals surface area contributed by atoms with E-state index < -0.39 is 0 Å². The monoisotopic (exact) mass is 364 g/mol. The van der Waals surface area contributed by atoms with Gasteiger partial charge in [0.25, 0.3) is 0 Å². The molecule has 5 nitrogen and oxygen atoms in total. The standard InChI is InChI=1S/C14H30O.C6H14O4/c1-5-7-9-11-13(3)15-14(4)12-10-8-6-2;7-1-3-9-5-6-10-4-2-8/h13-14H,5-12H2,1-4H3;7-8H,1-6H2. The second-order valence-corrected chi connectivity index (χ2v) is 6.42. The van der Waals surface area contributed by atoms with Gasteiger partial charge in [0.15, 0.2) is 0 Å². The molecule has 5 heteroatoms. The minimum atomic E-state index is 0.0417. The lowest BCUT2D eigenvalue weighted by Gasteiger charge is -2.19. The van der Waals surface area contributed by atoms with Crippen molar-refractivity contribution in [2.75, 3.05) is 39.6 Å². The lowest BCUT2D eigenvalue weighted by atomic mass is 10.1. The van der Waals surface area contributed by atoms with Crippen molar-refractivity contribution < 1.29 is 24.4 Å². The van der Waals surface area contributed by atoms with Crippen molar-refractivity contribution in [2.24, 2.45) is 0 Å². The van der Waals surface area contributed by atoms with Crippen molar-refractivity contribution in [2.45, 2.75) is 91.3 Å². The molecule has 0 spiro atoms. The van der Waals surface area contributed by atoms with Gasteiger partial charge in [0.2, 0.25) is 0 Å². The zero-order valence-corrected chi connectivity index (χ0v) is 17.2. The SMILES string of the molecule is CCCCCC(C)OC(C)CCCCC.OCCOCCOCCO. The number of ether oxygens (including phenoxy) is 3. The van der Waals surface area contributed by atoms with Crippen molar-refractivity contribution >= 4 is 0 Å². The van der Waals surface area contributed by atoms with Crippen LogP contribution in [-0.2, 0) is 14.2 Å². The molecule has 0 saturated carbocycles. The molecule has 2 unspecified atom stereocenters. The second kappa shape index (κ2) is 23.8. The molecule has 2 atom stereocenters. The van der Waals surface area contributed by atoms with Gasteiger partial charge in [-0.15, -0.1) is 0 Å². The third-order valence-electron chi connectivity index (χ3n) is 3.74. The first kappa shape index (κ1) is 27.0.